The molecule has 0 heterocycles. The van der Waals surface area contributed by atoms with Gasteiger partial charge in [0.1, 0.15) is 0 Å². The minimum Gasteiger partial charge on any atom is -0.322 e. The van der Waals surface area contributed by atoms with Crippen molar-refractivity contribution in [3.63, 3.8) is 0 Å². The summed E-state index contributed by atoms with van der Waals surface area (Å²) >= 11 is -0.750. The molecule has 0 saturated carbocycles. The molecule has 0 aromatic heterocycles. The van der Waals surface area contributed by atoms with Crippen LogP contribution in [0, 0.1) is 0 Å². The molecule has 0 aromatic carbocycles. The van der Waals surface area contributed by atoms with Crippen LogP contribution in [-0.4, -0.2) is 40.1 Å². The summed E-state index contributed by atoms with van der Waals surface area (Å²) in [6.07, 6.45) is 3.87. The Labute approximate surface area is 77.6 Å². The van der Waals surface area contributed by atoms with Crippen molar-refractivity contribution in [3.8, 4) is 0 Å². The van der Waals surface area contributed by atoms with Gasteiger partial charge in [0, 0.05) is 0 Å². The van der Waals surface area contributed by atoms with Gasteiger partial charge < -0.3 is 4.48 Å². The lowest BCUT2D eigenvalue weighted by atomic mass is 10.4. The van der Waals surface area contributed by atoms with Crippen molar-refractivity contribution < 1.29 is 12.9 Å². The van der Waals surface area contributed by atoms with Gasteiger partial charge in [0.15, 0.2) is 0 Å². The third-order valence-corrected chi connectivity index (χ3v) is 1.25. The fourth-order valence-electron chi connectivity index (χ4n) is 0.774. The van der Waals surface area contributed by atoms with E-state index in [1.807, 2.05) is 12.2 Å². The summed E-state index contributed by atoms with van der Waals surface area (Å²) in [6, 6.07) is 0. The molecule has 0 saturated heterocycles. The Balaban J connectivity index is 0. The molecule has 4 heteroatoms. The van der Waals surface area contributed by atoms with E-state index in [9.17, 15) is 0 Å². The number of nitrogens with zero attached hydrogens (tertiary/aromatic N) is 1. The van der Waals surface area contributed by atoms with E-state index in [-0.39, 0.29) is 0 Å². The van der Waals surface area contributed by atoms with E-state index in [0.717, 1.165) is 17.6 Å². The molecular formula is C8H16NO2S+. The second kappa shape index (κ2) is 8.36. The number of quaternary nitrogens is 1. The quantitative estimate of drug-likeness (QED) is 0.484. The van der Waals surface area contributed by atoms with Crippen molar-refractivity contribution >= 4 is 11.6 Å². The molecular weight excluding hydrogens is 174 g/mol. The average Bonchev–Trinajstić information content (AvgIpc) is 1.88. The van der Waals surface area contributed by atoms with Crippen LogP contribution < -0.4 is 0 Å². The zero-order valence-electron chi connectivity index (χ0n) is 7.66. The second-order valence-corrected chi connectivity index (χ2v) is 3.08. The third-order valence-electron chi connectivity index (χ3n) is 1.25. The summed E-state index contributed by atoms with van der Waals surface area (Å²) < 4.78 is 17.5. The van der Waals surface area contributed by atoms with Crippen molar-refractivity contribution in [1.29, 1.82) is 0 Å². The van der Waals surface area contributed by atoms with Crippen LogP contribution in [0.4, 0.5) is 0 Å². The van der Waals surface area contributed by atoms with E-state index in [1.165, 1.54) is 0 Å². The lowest BCUT2D eigenvalue weighted by Gasteiger charge is -2.26. The second-order valence-electron chi connectivity index (χ2n) is 2.95. The maximum Gasteiger partial charge on any atom is 0.335 e. The first-order chi connectivity index (χ1) is 5.54. The van der Waals surface area contributed by atoms with E-state index in [0.29, 0.717) is 0 Å². The van der Waals surface area contributed by atoms with E-state index in [1.54, 1.807) is 0 Å². The van der Waals surface area contributed by atoms with Crippen LogP contribution in [-0.2, 0) is 11.6 Å². The maximum atomic E-state index is 8.29. The molecule has 0 fully saturated rings. The Kier molecular flexibility index (Phi) is 9.63. The van der Waals surface area contributed by atoms with Crippen LogP contribution in [0.25, 0.3) is 0 Å². The molecule has 0 aliphatic carbocycles. The molecule has 0 amide bonds. The fourth-order valence-corrected chi connectivity index (χ4v) is 0.774. The average molecular weight is 190 g/mol. The van der Waals surface area contributed by atoms with E-state index in [4.69, 9.17) is 8.42 Å². The molecule has 0 aliphatic heterocycles. The standard InChI is InChI=1S/C8H16N.O2S/c1-5-7-9(3,4)8-6-2;1-3-2/h5-6H,1-2,7-8H2,3-4H3;/q+1;. The molecule has 0 aliphatic rings. The van der Waals surface area contributed by atoms with Gasteiger partial charge in [-0.15, -0.1) is 0 Å². The first-order valence-corrected chi connectivity index (χ1v) is 4.16. The van der Waals surface area contributed by atoms with Gasteiger partial charge >= 0.3 is 11.6 Å². The van der Waals surface area contributed by atoms with Crippen LogP contribution in [0.1, 0.15) is 0 Å². The Morgan fingerprint density at radius 2 is 1.42 bits per heavy atom. The molecule has 3 nitrogen and oxygen atoms in total. The Morgan fingerprint density at radius 1 is 1.17 bits per heavy atom. The maximum absolute atomic E-state index is 8.29. The SMILES string of the molecule is C=CC[N+](C)(C)CC=C.O=S=O. The first kappa shape index (κ1) is 13.8. The number of hydrogen-bond acceptors (Lipinski definition) is 2. The minimum atomic E-state index is -0.750. The highest BCUT2D eigenvalue weighted by Gasteiger charge is 2.07. The highest BCUT2D eigenvalue weighted by atomic mass is 32.1. The van der Waals surface area contributed by atoms with Gasteiger partial charge in [-0.25, -0.2) is 0 Å². The molecule has 0 aromatic rings. The molecule has 0 radical (unpaired) electrons. The normalized spacial score (nSPS) is 9.17. The molecule has 0 atom stereocenters. The van der Waals surface area contributed by atoms with Crippen LogP contribution in [0.3, 0.4) is 0 Å². The van der Waals surface area contributed by atoms with Gasteiger partial charge in [0.25, 0.3) is 0 Å². The van der Waals surface area contributed by atoms with Gasteiger partial charge in [-0.05, 0) is 12.2 Å². The highest BCUT2D eigenvalue weighted by molar-refractivity contribution is 7.51. The lowest BCUT2D eigenvalue weighted by molar-refractivity contribution is -0.878. The summed E-state index contributed by atoms with van der Waals surface area (Å²) in [4.78, 5) is 0. The van der Waals surface area contributed by atoms with Gasteiger partial charge in [-0.2, -0.15) is 8.42 Å². The lowest BCUT2D eigenvalue weighted by Crippen LogP contribution is -2.39. The predicted octanol–water partition coefficient (Wildman–Crippen LogP) is 0.765. The van der Waals surface area contributed by atoms with Crippen molar-refractivity contribution in [2.45, 2.75) is 0 Å². The molecule has 0 spiro atoms. The van der Waals surface area contributed by atoms with Crippen LogP contribution in [0.5, 0.6) is 0 Å². The Hall–Kier alpha value is -0.740. The van der Waals surface area contributed by atoms with Gasteiger partial charge in [0.2, 0.25) is 0 Å². The molecule has 12 heavy (non-hydrogen) atoms. The molecule has 70 valence electrons. The Morgan fingerprint density at radius 3 is 1.58 bits per heavy atom. The number of likely N-dealkylation sites (N-methyl/N-ethyl adjacent to an activating group) is 1. The summed E-state index contributed by atoms with van der Waals surface area (Å²) in [5.41, 5.74) is 0. The third kappa shape index (κ3) is 12.0. The van der Waals surface area contributed by atoms with E-state index in [2.05, 4.69) is 27.3 Å². The Bertz CT molecular complexity index is 160. The summed E-state index contributed by atoms with van der Waals surface area (Å²) in [5, 5.41) is 0. The number of rotatable bonds is 4. The van der Waals surface area contributed by atoms with E-state index >= 15 is 0 Å². The highest BCUT2D eigenvalue weighted by Crippen LogP contribution is 1.95. The van der Waals surface area contributed by atoms with Crippen molar-refractivity contribution in [1.82, 2.24) is 0 Å². The van der Waals surface area contributed by atoms with Gasteiger partial charge in [-0.1, -0.05) is 13.2 Å². The predicted molar refractivity (Wildman–Crippen MR) is 51.2 cm³/mol. The van der Waals surface area contributed by atoms with E-state index < -0.39 is 11.6 Å². The molecule has 0 rings (SSSR count). The summed E-state index contributed by atoms with van der Waals surface area (Å²) in [6.45, 7) is 9.37. The van der Waals surface area contributed by atoms with Gasteiger partial charge in [-0.3, -0.25) is 0 Å². The first-order valence-electron chi connectivity index (χ1n) is 3.49. The van der Waals surface area contributed by atoms with Crippen LogP contribution >= 0.6 is 0 Å². The smallest absolute Gasteiger partial charge is 0.322 e. The zero-order valence-corrected chi connectivity index (χ0v) is 8.47. The zero-order chi connectivity index (χ0) is 10.0. The fraction of sp³-hybridized carbons (Fsp3) is 0.500. The topological polar surface area (TPSA) is 34.1 Å². The van der Waals surface area contributed by atoms with Crippen molar-refractivity contribution in [2.24, 2.45) is 0 Å². The molecule has 0 unspecified atom stereocenters. The van der Waals surface area contributed by atoms with Crippen molar-refractivity contribution in [2.75, 3.05) is 27.2 Å². The monoisotopic (exact) mass is 190 g/mol. The minimum absolute atomic E-state index is 0.750. The van der Waals surface area contributed by atoms with Gasteiger partial charge in [0.05, 0.1) is 27.2 Å². The number of hydrogen-bond donors (Lipinski definition) is 0. The van der Waals surface area contributed by atoms with Crippen LogP contribution in [0.2, 0.25) is 0 Å². The molecule has 0 N–H and O–H groups in total. The van der Waals surface area contributed by atoms with Crippen molar-refractivity contribution in [3.05, 3.63) is 25.3 Å². The van der Waals surface area contributed by atoms with Crippen LogP contribution in [0.15, 0.2) is 25.3 Å². The summed E-state index contributed by atoms with van der Waals surface area (Å²) in [5.74, 6) is 0. The largest absolute Gasteiger partial charge is 0.335 e. The molecule has 0 bridgehead atoms. The summed E-state index contributed by atoms with van der Waals surface area (Å²) in [7, 11) is 4.31.